The summed E-state index contributed by atoms with van der Waals surface area (Å²) in [7, 11) is 0. The summed E-state index contributed by atoms with van der Waals surface area (Å²) in [4.78, 5) is 2.57. The van der Waals surface area contributed by atoms with Gasteiger partial charge in [0.2, 0.25) is 0 Å². The van der Waals surface area contributed by atoms with Gasteiger partial charge in [-0.3, -0.25) is 4.90 Å². The third-order valence-corrected chi connectivity index (χ3v) is 3.91. The van der Waals surface area contributed by atoms with Gasteiger partial charge in [0.1, 0.15) is 0 Å². The van der Waals surface area contributed by atoms with Gasteiger partial charge in [0.15, 0.2) is 0 Å². The van der Waals surface area contributed by atoms with E-state index in [0.29, 0.717) is 0 Å². The number of hydrogen-bond donors (Lipinski definition) is 1. The monoisotopic (exact) mass is 274 g/mol. The van der Waals surface area contributed by atoms with Crippen molar-refractivity contribution >= 4 is 0 Å². The van der Waals surface area contributed by atoms with Crippen LogP contribution in [0.5, 0.6) is 0 Å². The lowest BCUT2D eigenvalue weighted by Gasteiger charge is -2.21. The molecule has 1 saturated carbocycles. The molecule has 1 fully saturated rings. The highest BCUT2D eigenvalue weighted by Gasteiger charge is 2.23. The van der Waals surface area contributed by atoms with Crippen LogP contribution in [-0.2, 0) is 13.1 Å². The van der Waals surface area contributed by atoms with Crippen molar-refractivity contribution < 1.29 is 0 Å². The van der Waals surface area contributed by atoms with Crippen molar-refractivity contribution in [1.82, 2.24) is 10.2 Å². The molecule has 0 unspecified atom stereocenters. The maximum Gasteiger partial charge on any atom is 0.0233 e. The fourth-order valence-corrected chi connectivity index (χ4v) is 2.36. The summed E-state index contributed by atoms with van der Waals surface area (Å²) < 4.78 is 0. The molecule has 0 saturated heterocycles. The first-order valence-electron chi connectivity index (χ1n) is 8.01. The van der Waals surface area contributed by atoms with Crippen molar-refractivity contribution in [2.75, 3.05) is 13.1 Å². The van der Waals surface area contributed by atoms with Crippen LogP contribution in [0.4, 0.5) is 0 Å². The zero-order valence-electron chi connectivity index (χ0n) is 13.6. The van der Waals surface area contributed by atoms with Crippen molar-refractivity contribution in [3.8, 4) is 0 Å². The summed E-state index contributed by atoms with van der Waals surface area (Å²) >= 11 is 0. The van der Waals surface area contributed by atoms with E-state index in [4.69, 9.17) is 0 Å². The topological polar surface area (TPSA) is 15.3 Å². The first-order chi connectivity index (χ1) is 9.46. The number of benzene rings is 1. The third kappa shape index (κ3) is 5.64. The van der Waals surface area contributed by atoms with Crippen LogP contribution in [-0.4, -0.2) is 23.5 Å². The van der Waals surface area contributed by atoms with Gasteiger partial charge in [-0.05, 0) is 57.2 Å². The molecule has 0 atom stereocenters. The first kappa shape index (κ1) is 15.5. The van der Waals surface area contributed by atoms with Gasteiger partial charge in [0.05, 0.1) is 0 Å². The summed E-state index contributed by atoms with van der Waals surface area (Å²) in [5.41, 5.74) is 2.99. The van der Waals surface area contributed by atoms with Gasteiger partial charge >= 0.3 is 0 Å². The molecule has 0 radical (unpaired) electrons. The second-order valence-electron chi connectivity index (χ2n) is 7.19. The number of nitrogens with one attached hydrogen (secondary N) is 1. The molecule has 1 aromatic rings. The molecule has 0 aliphatic heterocycles. The summed E-state index contributed by atoms with van der Waals surface area (Å²) in [5.74, 6) is 0.977. The lowest BCUT2D eigenvalue weighted by Crippen LogP contribution is -2.35. The van der Waals surface area contributed by atoms with Gasteiger partial charge in [-0.25, -0.2) is 0 Å². The van der Waals surface area contributed by atoms with E-state index in [9.17, 15) is 0 Å². The van der Waals surface area contributed by atoms with Crippen LogP contribution >= 0.6 is 0 Å². The number of hydrogen-bond acceptors (Lipinski definition) is 2. The molecule has 0 bridgehead atoms. The Bertz CT molecular complexity index is 398. The van der Waals surface area contributed by atoms with Crippen LogP contribution < -0.4 is 5.32 Å². The highest BCUT2D eigenvalue weighted by molar-refractivity contribution is 5.22. The highest BCUT2D eigenvalue weighted by Crippen LogP contribution is 2.30. The van der Waals surface area contributed by atoms with Crippen molar-refractivity contribution in [2.24, 2.45) is 5.92 Å². The Morgan fingerprint density at radius 1 is 1.10 bits per heavy atom. The summed E-state index contributed by atoms with van der Waals surface area (Å²) in [6.07, 6.45) is 2.88. The zero-order valence-corrected chi connectivity index (χ0v) is 13.6. The first-order valence-corrected chi connectivity index (χ1v) is 8.01. The Balaban J connectivity index is 1.83. The van der Waals surface area contributed by atoms with E-state index in [1.165, 1.54) is 30.5 Å². The molecule has 0 aromatic heterocycles. The minimum atomic E-state index is 0.182. The molecule has 0 heterocycles. The predicted molar refractivity (Wildman–Crippen MR) is 86.7 cm³/mol. The van der Waals surface area contributed by atoms with Crippen LogP contribution in [0, 0.1) is 5.92 Å². The zero-order chi connectivity index (χ0) is 14.6. The van der Waals surface area contributed by atoms with Crippen LogP contribution in [0.1, 0.15) is 51.7 Å². The Morgan fingerprint density at radius 2 is 1.70 bits per heavy atom. The summed E-state index contributed by atoms with van der Waals surface area (Å²) in [6, 6.07) is 9.10. The average molecular weight is 274 g/mol. The van der Waals surface area contributed by atoms with Crippen LogP contribution in [0.25, 0.3) is 0 Å². The molecule has 0 amide bonds. The van der Waals surface area contributed by atoms with Gasteiger partial charge in [-0.2, -0.15) is 0 Å². The normalized spacial score (nSPS) is 15.8. The quantitative estimate of drug-likeness (QED) is 0.813. The maximum atomic E-state index is 3.53. The minimum Gasteiger partial charge on any atom is -0.308 e. The van der Waals surface area contributed by atoms with E-state index in [-0.39, 0.29) is 5.54 Å². The molecule has 0 spiro atoms. The van der Waals surface area contributed by atoms with E-state index in [0.717, 1.165) is 25.6 Å². The largest absolute Gasteiger partial charge is 0.308 e. The van der Waals surface area contributed by atoms with Gasteiger partial charge in [0, 0.05) is 25.2 Å². The summed E-state index contributed by atoms with van der Waals surface area (Å²) in [5, 5.41) is 3.53. The Hall–Kier alpha value is -0.860. The molecule has 1 N–H and O–H groups in total. The highest BCUT2D eigenvalue weighted by atomic mass is 15.1. The lowest BCUT2D eigenvalue weighted by atomic mass is 10.1. The molecular formula is C18H30N2. The van der Waals surface area contributed by atoms with E-state index < -0.39 is 0 Å². The Morgan fingerprint density at radius 3 is 2.20 bits per heavy atom. The van der Waals surface area contributed by atoms with Crippen LogP contribution in [0.15, 0.2) is 24.3 Å². The molecule has 1 aromatic carbocycles. The summed E-state index contributed by atoms with van der Waals surface area (Å²) in [6.45, 7) is 13.4. The van der Waals surface area contributed by atoms with E-state index in [1.807, 2.05) is 0 Å². The SMILES string of the molecule is CCN(Cc1ccc(CNC(C)(C)C)cc1)CC1CC1. The molecule has 20 heavy (non-hydrogen) atoms. The van der Waals surface area contributed by atoms with Gasteiger partial charge in [0.25, 0.3) is 0 Å². The van der Waals surface area contributed by atoms with Crippen LogP contribution in [0.2, 0.25) is 0 Å². The predicted octanol–water partition coefficient (Wildman–Crippen LogP) is 3.81. The third-order valence-electron chi connectivity index (χ3n) is 3.91. The van der Waals surface area contributed by atoms with Gasteiger partial charge in [-0.15, -0.1) is 0 Å². The second-order valence-corrected chi connectivity index (χ2v) is 7.19. The van der Waals surface area contributed by atoms with E-state index in [2.05, 4.69) is 62.2 Å². The molecule has 2 nitrogen and oxygen atoms in total. The minimum absolute atomic E-state index is 0.182. The smallest absolute Gasteiger partial charge is 0.0233 e. The molecule has 2 heteroatoms. The fourth-order valence-electron chi connectivity index (χ4n) is 2.36. The Kier molecular flexibility index (Phi) is 5.22. The standard InChI is InChI=1S/C18H30N2/c1-5-20(14-17-10-11-17)13-16-8-6-15(7-9-16)12-19-18(2,3)4/h6-9,17,19H,5,10-14H2,1-4H3. The maximum absolute atomic E-state index is 3.53. The van der Waals surface area contributed by atoms with E-state index >= 15 is 0 Å². The second kappa shape index (κ2) is 6.73. The number of rotatable bonds is 7. The molecule has 2 rings (SSSR count). The van der Waals surface area contributed by atoms with Crippen molar-refractivity contribution in [2.45, 2.75) is 59.2 Å². The Labute approximate surface area is 124 Å². The lowest BCUT2D eigenvalue weighted by molar-refractivity contribution is 0.268. The average Bonchev–Trinajstić information content (AvgIpc) is 3.20. The molecule has 112 valence electrons. The van der Waals surface area contributed by atoms with Crippen molar-refractivity contribution in [3.05, 3.63) is 35.4 Å². The molecular weight excluding hydrogens is 244 g/mol. The van der Waals surface area contributed by atoms with Crippen molar-refractivity contribution in [3.63, 3.8) is 0 Å². The fraction of sp³-hybridized carbons (Fsp3) is 0.667. The van der Waals surface area contributed by atoms with Gasteiger partial charge < -0.3 is 5.32 Å². The van der Waals surface area contributed by atoms with Gasteiger partial charge in [-0.1, -0.05) is 31.2 Å². The van der Waals surface area contributed by atoms with E-state index in [1.54, 1.807) is 0 Å². The molecule has 1 aliphatic rings. The van der Waals surface area contributed by atoms with Crippen LogP contribution in [0.3, 0.4) is 0 Å². The number of nitrogens with zero attached hydrogens (tertiary/aromatic N) is 1. The van der Waals surface area contributed by atoms with Crippen molar-refractivity contribution in [1.29, 1.82) is 0 Å². The molecule has 1 aliphatic carbocycles.